The quantitative estimate of drug-likeness (QED) is 0.816. The SMILES string of the molecule is Cc1ccc(OCC(O)CNC2CCCS(=O)(=O)C2)cc1. The summed E-state index contributed by atoms with van der Waals surface area (Å²) in [4.78, 5) is 0. The van der Waals surface area contributed by atoms with Gasteiger partial charge in [-0.2, -0.15) is 0 Å². The van der Waals surface area contributed by atoms with Crippen LogP contribution in [0.3, 0.4) is 0 Å². The van der Waals surface area contributed by atoms with Gasteiger partial charge < -0.3 is 15.2 Å². The number of sulfone groups is 1. The molecule has 1 aromatic rings. The van der Waals surface area contributed by atoms with Crippen LogP contribution in [0.4, 0.5) is 0 Å². The molecule has 0 aliphatic carbocycles. The summed E-state index contributed by atoms with van der Waals surface area (Å²) in [5.41, 5.74) is 1.16. The maximum atomic E-state index is 11.5. The maximum Gasteiger partial charge on any atom is 0.151 e. The predicted molar refractivity (Wildman–Crippen MR) is 82.4 cm³/mol. The van der Waals surface area contributed by atoms with Crippen LogP contribution in [0.2, 0.25) is 0 Å². The van der Waals surface area contributed by atoms with E-state index in [2.05, 4.69) is 5.32 Å². The lowest BCUT2D eigenvalue weighted by Gasteiger charge is -2.24. The van der Waals surface area contributed by atoms with Crippen LogP contribution in [0.5, 0.6) is 5.75 Å². The highest BCUT2D eigenvalue weighted by atomic mass is 32.2. The van der Waals surface area contributed by atoms with E-state index in [1.54, 1.807) is 0 Å². The van der Waals surface area contributed by atoms with Crippen molar-refractivity contribution in [3.8, 4) is 5.75 Å². The molecule has 1 fully saturated rings. The van der Waals surface area contributed by atoms with Crippen LogP contribution < -0.4 is 10.1 Å². The first kappa shape index (κ1) is 16.3. The van der Waals surface area contributed by atoms with Crippen molar-refractivity contribution in [3.05, 3.63) is 29.8 Å². The van der Waals surface area contributed by atoms with Gasteiger partial charge in [0.25, 0.3) is 0 Å². The molecule has 0 bridgehead atoms. The molecule has 2 unspecified atom stereocenters. The molecular formula is C15H23NO4S. The summed E-state index contributed by atoms with van der Waals surface area (Å²) in [5.74, 6) is 1.17. The van der Waals surface area contributed by atoms with E-state index in [9.17, 15) is 13.5 Å². The van der Waals surface area contributed by atoms with E-state index >= 15 is 0 Å². The minimum atomic E-state index is -2.91. The standard InChI is InChI=1S/C15H23NO4S/c1-12-4-6-15(7-5-12)20-10-14(17)9-16-13-3-2-8-21(18,19)11-13/h4-7,13-14,16-17H,2-3,8-11H2,1H3. The Morgan fingerprint density at radius 2 is 2.10 bits per heavy atom. The largest absolute Gasteiger partial charge is 0.491 e. The van der Waals surface area contributed by atoms with Crippen molar-refractivity contribution in [3.63, 3.8) is 0 Å². The summed E-state index contributed by atoms with van der Waals surface area (Å²) < 4.78 is 28.5. The molecule has 1 aliphatic heterocycles. The van der Waals surface area contributed by atoms with E-state index in [-0.39, 0.29) is 24.2 Å². The lowest BCUT2D eigenvalue weighted by molar-refractivity contribution is 0.104. The summed E-state index contributed by atoms with van der Waals surface area (Å²) in [5, 5.41) is 13.0. The summed E-state index contributed by atoms with van der Waals surface area (Å²) in [6.45, 7) is 2.53. The molecule has 1 aromatic carbocycles. The number of ether oxygens (including phenoxy) is 1. The highest BCUT2D eigenvalue weighted by molar-refractivity contribution is 7.91. The number of hydrogen-bond donors (Lipinski definition) is 2. The number of aliphatic hydroxyl groups excluding tert-OH is 1. The molecule has 1 heterocycles. The third-order valence-corrected chi connectivity index (χ3v) is 5.39. The summed E-state index contributed by atoms with van der Waals surface area (Å²) in [7, 11) is -2.91. The Bertz CT molecular complexity index is 541. The Labute approximate surface area is 126 Å². The van der Waals surface area contributed by atoms with Crippen LogP contribution in [-0.2, 0) is 9.84 Å². The van der Waals surface area contributed by atoms with Crippen LogP contribution >= 0.6 is 0 Å². The molecule has 6 heteroatoms. The third-order valence-electron chi connectivity index (χ3n) is 3.57. The Hall–Kier alpha value is -1.11. The van der Waals surface area contributed by atoms with Crippen LogP contribution in [0.15, 0.2) is 24.3 Å². The number of aliphatic hydroxyl groups is 1. The Kier molecular flexibility index (Phi) is 5.61. The van der Waals surface area contributed by atoms with Crippen molar-refractivity contribution in [1.29, 1.82) is 0 Å². The number of benzene rings is 1. The number of rotatable bonds is 6. The fourth-order valence-electron chi connectivity index (χ4n) is 2.37. The van der Waals surface area contributed by atoms with Gasteiger partial charge >= 0.3 is 0 Å². The Balaban J connectivity index is 1.70. The monoisotopic (exact) mass is 313 g/mol. The Morgan fingerprint density at radius 3 is 2.76 bits per heavy atom. The highest BCUT2D eigenvalue weighted by Gasteiger charge is 2.24. The molecule has 1 aliphatic rings. The van der Waals surface area contributed by atoms with E-state index in [0.29, 0.717) is 13.0 Å². The van der Waals surface area contributed by atoms with Crippen molar-refractivity contribution >= 4 is 9.84 Å². The molecule has 0 saturated carbocycles. The molecule has 0 spiro atoms. The van der Waals surface area contributed by atoms with E-state index in [0.717, 1.165) is 17.7 Å². The molecule has 0 aromatic heterocycles. The zero-order valence-corrected chi connectivity index (χ0v) is 13.1. The number of hydrogen-bond acceptors (Lipinski definition) is 5. The van der Waals surface area contributed by atoms with Crippen molar-refractivity contribution in [2.24, 2.45) is 0 Å². The molecule has 1 saturated heterocycles. The predicted octanol–water partition coefficient (Wildman–Crippen LogP) is 0.902. The summed E-state index contributed by atoms with van der Waals surface area (Å²) in [6, 6.07) is 7.57. The molecule has 2 rings (SSSR count). The zero-order valence-electron chi connectivity index (χ0n) is 12.3. The Morgan fingerprint density at radius 1 is 1.38 bits per heavy atom. The highest BCUT2D eigenvalue weighted by Crippen LogP contribution is 2.13. The van der Waals surface area contributed by atoms with Gasteiger partial charge in [-0.3, -0.25) is 0 Å². The van der Waals surface area contributed by atoms with Gasteiger partial charge in [0.15, 0.2) is 9.84 Å². The molecular weight excluding hydrogens is 290 g/mol. The minimum absolute atomic E-state index is 0.0576. The van der Waals surface area contributed by atoms with E-state index in [1.165, 1.54) is 0 Å². The average Bonchev–Trinajstić information content (AvgIpc) is 2.43. The normalized spacial score (nSPS) is 22.7. The minimum Gasteiger partial charge on any atom is -0.491 e. The molecule has 5 nitrogen and oxygen atoms in total. The van der Waals surface area contributed by atoms with Gasteiger partial charge in [-0.1, -0.05) is 17.7 Å². The third kappa shape index (κ3) is 5.65. The fourth-order valence-corrected chi connectivity index (χ4v) is 4.04. The fraction of sp³-hybridized carbons (Fsp3) is 0.600. The molecule has 21 heavy (non-hydrogen) atoms. The van der Waals surface area contributed by atoms with Crippen LogP contribution in [0.25, 0.3) is 0 Å². The van der Waals surface area contributed by atoms with Crippen LogP contribution in [-0.4, -0.2) is 50.3 Å². The maximum absolute atomic E-state index is 11.5. The van der Waals surface area contributed by atoms with Gasteiger partial charge in [-0.05, 0) is 31.9 Å². The average molecular weight is 313 g/mol. The van der Waals surface area contributed by atoms with Crippen LogP contribution in [0.1, 0.15) is 18.4 Å². The first-order valence-corrected chi connectivity index (χ1v) is 9.08. The van der Waals surface area contributed by atoms with E-state index in [4.69, 9.17) is 4.74 Å². The van der Waals surface area contributed by atoms with Gasteiger partial charge in [0.05, 0.1) is 11.5 Å². The second-order valence-corrected chi connectivity index (χ2v) is 7.87. The van der Waals surface area contributed by atoms with Crippen molar-refractivity contribution < 1.29 is 18.3 Å². The van der Waals surface area contributed by atoms with Crippen molar-refractivity contribution in [2.75, 3.05) is 24.7 Å². The van der Waals surface area contributed by atoms with E-state index < -0.39 is 15.9 Å². The van der Waals surface area contributed by atoms with Gasteiger partial charge in [-0.25, -0.2) is 8.42 Å². The first-order valence-electron chi connectivity index (χ1n) is 7.26. The van der Waals surface area contributed by atoms with Gasteiger partial charge in [0, 0.05) is 12.6 Å². The summed E-state index contributed by atoms with van der Waals surface area (Å²) in [6.07, 6.45) is 0.872. The molecule has 118 valence electrons. The van der Waals surface area contributed by atoms with Gasteiger partial charge in [-0.15, -0.1) is 0 Å². The molecule has 0 amide bonds. The van der Waals surface area contributed by atoms with Gasteiger partial charge in [0.1, 0.15) is 18.5 Å². The molecule has 2 atom stereocenters. The van der Waals surface area contributed by atoms with E-state index in [1.807, 2.05) is 31.2 Å². The zero-order chi connectivity index (χ0) is 15.3. The second-order valence-electron chi connectivity index (χ2n) is 5.64. The first-order chi connectivity index (χ1) is 9.94. The smallest absolute Gasteiger partial charge is 0.151 e. The van der Waals surface area contributed by atoms with Crippen LogP contribution in [0, 0.1) is 6.92 Å². The number of aryl methyl sites for hydroxylation is 1. The lowest BCUT2D eigenvalue weighted by atomic mass is 10.2. The van der Waals surface area contributed by atoms with Crippen molar-refractivity contribution in [1.82, 2.24) is 5.32 Å². The topological polar surface area (TPSA) is 75.6 Å². The van der Waals surface area contributed by atoms with Crippen molar-refractivity contribution in [2.45, 2.75) is 31.9 Å². The lowest BCUT2D eigenvalue weighted by Crippen LogP contribution is -2.44. The molecule has 2 N–H and O–H groups in total. The number of nitrogens with one attached hydrogen (secondary N) is 1. The summed E-state index contributed by atoms with van der Waals surface area (Å²) >= 11 is 0. The van der Waals surface area contributed by atoms with Gasteiger partial charge in [0.2, 0.25) is 0 Å². The molecule has 0 radical (unpaired) electrons. The second kappa shape index (κ2) is 7.24.